The van der Waals surface area contributed by atoms with Crippen LogP contribution in [0.3, 0.4) is 0 Å². The van der Waals surface area contributed by atoms with Gasteiger partial charge in [-0.2, -0.15) is 0 Å². The van der Waals surface area contributed by atoms with E-state index in [1.165, 1.54) is 23.8 Å². The van der Waals surface area contributed by atoms with E-state index in [0.29, 0.717) is 30.3 Å². The fraction of sp³-hybridized carbons (Fsp3) is 0.481. The Morgan fingerprint density at radius 2 is 1.74 bits per heavy atom. The van der Waals surface area contributed by atoms with E-state index in [0.717, 1.165) is 44.5 Å². The lowest BCUT2D eigenvalue weighted by Crippen LogP contribution is -2.44. The summed E-state index contributed by atoms with van der Waals surface area (Å²) in [4.78, 5) is 22.2. The zero-order chi connectivity index (χ0) is 24.5. The first-order valence-corrected chi connectivity index (χ1v) is 12.1. The number of rotatable bonds is 7. The number of hydrogen-bond acceptors (Lipinski definition) is 3. The second-order valence-electron chi connectivity index (χ2n) is 9.46. The Morgan fingerprint density at radius 3 is 2.35 bits per heavy atom. The van der Waals surface area contributed by atoms with Gasteiger partial charge in [0.05, 0.1) is 0 Å². The van der Waals surface area contributed by atoms with Crippen LogP contribution in [0.2, 0.25) is 0 Å². The van der Waals surface area contributed by atoms with Gasteiger partial charge >= 0.3 is 0 Å². The van der Waals surface area contributed by atoms with Crippen molar-refractivity contribution in [3.63, 3.8) is 0 Å². The Hall–Kier alpha value is -2.67. The van der Waals surface area contributed by atoms with Gasteiger partial charge in [0.25, 0.3) is 5.91 Å². The van der Waals surface area contributed by atoms with Crippen LogP contribution >= 0.6 is 0 Å². The molecule has 0 N–H and O–H groups in total. The molecule has 1 amide bonds. The molecule has 182 valence electrons. The molecule has 0 saturated carbocycles. The minimum atomic E-state index is -1.20. The van der Waals surface area contributed by atoms with Gasteiger partial charge in [0.1, 0.15) is 11.7 Å². The number of amides is 1. The fourth-order valence-electron chi connectivity index (χ4n) is 5.30. The lowest BCUT2D eigenvalue weighted by atomic mass is 9.87. The number of piperidine rings is 1. The second kappa shape index (κ2) is 9.90. The summed E-state index contributed by atoms with van der Waals surface area (Å²) in [5.74, 6) is -1.24. The van der Waals surface area contributed by atoms with Crippen LogP contribution in [0.4, 0.5) is 13.2 Å². The average molecular weight is 472 g/mol. The first-order valence-electron chi connectivity index (χ1n) is 12.1. The fourth-order valence-corrected chi connectivity index (χ4v) is 5.30. The quantitative estimate of drug-likeness (QED) is 0.525. The van der Waals surface area contributed by atoms with Gasteiger partial charge in [0.2, 0.25) is 0 Å². The topological polar surface area (TPSA) is 35.9 Å². The molecular formula is C27H32F3N3O. The molecule has 2 atom stereocenters. The number of nitrogens with zero attached hydrogens (tertiary/aromatic N) is 3. The van der Waals surface area contributed by atoms with E-state index >= 15 is 0 Å². The molecule has 4 rings (SSSR count). The molecule has 0 bridgehead atoms. The Kier molecular flexibility index (Phi) is 7.12. The largest absolute Gasteiger partial charge is 0.301 e. The van der Waals surface area contributed by atoms with Gasteiger partial charge in [-0.15, -0.1) is 0 Å². The summed E-state index contributed by atoms with van der Waals surface area (Å²) in [5.41, 5.74) is 0.378. The SMILES string of the molecule is CCC1(c2ccc(F)c(F)c2)N=C(C)N(CCC(C)N2CCC(c3ccc(F)cc3)CC2)C1=O. The lowest BCUT2D eigenvalue weighted by Gasteiger charge is -2.37. The normalized spacial score (nSPS) is 22.8. The summed E-state index contributed by atoms with van der Waals surface area (Å²) in [6, 6.07) is 10.7. The van der Waals surface area contributed by atoms with Gasteiger partial charge in [0, 0.05) is 12.6 Å². The summed E-state index contributed by atoms with van der Waals surface area (Å²) in [5, 5.41) is 0. The van der Waals surface area contributed by atoms with E-state index in [-0.39, 0.29) is 17.8 Å². The van der Waals surface area contributed by atoms with Crippen LogP contribution in [0, 0.1) is 17.5 Å². The predicted molar refractivity (Wildman–Crippen MR) is 127 cm³/mol. The molecule has 2 heterocycles. The highest BCUT2D eigenvalue weighted by atomic mass is 19.2. The van der Waals surface area contributed by atoms with Gasteiger partial charge in [-0.25, -0.2) is 13.2 Å². The lowest BCUT2D eigenvalue weighted by molar-refractivity contribution is -0.131. The summed E-state index contributed by atoms with van der Waals surface area (Å²) in [6.45, 7) is 8.25. The van der Waals surface area contributed by atoms with E-state index in [4.69, 9.17) is 0 Å². The van der Waals surface area contributed by atoms with Gasteiger partial charge < -0.3 is 4.90 Å². The maximum absolute atomic E-state index is 13.9. The van der Waals surface area contributed by atoms with Crippen LogP contribution in [-0.4, -0.2) is 47.2 Å². The van der Waals surface area contributed by atoms with E-state index in [9.17, 15) is 18.0 Å². The number of benzene rings is 2. The second-order valence-corrected chi connectivity index (χ2v) is 9.46. The van der Waals surface area contributed by atoms with Crippen molar-refractivity contribution in [2.45, 2.75) is 64.0 Å². The third kappa shape index (κ3) is 4.63. The van der Waals surface area contributed by atoms with E-state index < -0.39 is 17.2 Å². The smallest absolute Gasteiger partial charge is 0.260 e. The first-order chi connectivity index (χ1) is 16.2. The van der Waals surface area contributed by atoms with Crippen LogP contribution in [0.5, 0.6) is 0 Å². The van der Waals surface area contributed by atoms with Crippen molar-refractivity contribution in [3.05, 3.63) is 71.0 Å². The molecule has 0 aromatic heterocycles. The van der Waals surface area contributed by atoms with Crippen LogP contribution in [0.15, 0.2) is 47.5 Å². The van der Waals surface area contributed by atoms with E-state index in [1.54, 1.807) is 11.8 Å². The van der Waals surface area contributed by atoms with E-state index in [2.05, 4.69) is 16.8 Å². The maximum atomic E-state index is 13.9. The van der Waals surface area contributed by atoms with Crippen molar-refractivity contribution in [1.29, 1.82) is 0 Å². The molecule has 34 heavy (non-hydrogen) atoms. The van der Waals surface area contributed by atoms with Crippen LogP contribution in [0.1, 0.15) is 63.5 Å². The van der Waals surface area contributed by atoms with Crippen molar-refractivity contribution in [1.82, 2.24) is 9.80 Å². The Bertz CT molecular complexity index is 1060. The number of amidine groups is 1. The molecule has 0 aliphatic carbocycles. The molecule has 2 aliphatic rings. The number of hydrogen-bond donors (Lipinski definition) is 0. The van der Waals surface area contributed by atoms with Gasteiger partial charge in [-0.05, 0) is 93.9 Å². The Balaban J connectivity index is 1.36. The number of carbonyl (C=O) groups excluding carboxylic acids is 1. The van der Waals surface area contributed by atoms with E-state index in [1.807, 2.05) is 19.1 Å². The standard InChI is InChI=1S/C27H32F3N3O/c1-4-27(22-7-10-24(29)25(30)17-22)26(34)33(19(3)31-27)16-11-18(2)32-14-12-21(13-15-32)20-5-8-23(28)9-6-20/h5-10,17-18,21H,4,11-16H2,1-3H3. The number of halogens is 3. The zero-order valence-electron chi connectivity index (χ0n) is 20.0. The first kappa shape index (κ1) is 24.5. The zero-order valence-corrected chi connectivity index (χ0v) is 20.0. The van der Waals surface area contributed by atoms with Crippen LogP contribution in [0.25, 0.3) is 0 Å². The molecule has 2 unspecified atom stereocenters. The van der Waals surface area contributed by atoms with Crippen molar-refractivity contribution in [2.75, 3.05) is 19.6 Å². The van der Waals surface area contributed by atoms with Crippen LogP contribution < -0.4 is 0 Å². The van der Waals surface area contributed by atoms with Crippen molar-refractivity contribution < 1.29 is 18.0 Å². The minimum absolute atomic E-state index is 0.180. The van der Waals surface area contributed by atoms with Crippen molar-refractivity contribution in [2.24, 2.45) is 4.99 Å². The molecule has 1 saturated heterocycles. The molecular weight excluding hydrogens is 439 g/mol. The molecule has 2 aliphatic heterocycles. The molecule has 0 spiro atoms. The van der Waals surface area contributed by atoms with Crippen LogP contribution in [-0.2, 0) is 10.3 Å². The van der Waals surface area contributed by atoms with Crippen molar-refractivity contribution in [3.8, 4) is 0 Å². The highest BCUT2D eigenvalue weighted by Crippen LogP contribution is 2.38. The van der Waals surface area contributed by atoms with Gasteiger partial charge in [-0.1, -0.05) is 25.1 Å². The molecule has 2 aromatic carbocycles. The maximum Gasteiger partial charge on any atom is 0.260 e. The Labute approximate surface area is 199 Å². The Morgan fingerprint density at radius 1 is 1.06 bits per heavy atom. The average Bonchev–Trinajstić information content (AvgIpc) is 3.09. The minimum Gasteiger partial charge on any atom is -0.301 e. The molecule has 7 heteroatoms. The highest BCUT2D eigenvalue weighted by Gasteiger charge is 2.47. The third-order valence-electron chi connectivity index (χ3n) is 7.52. The number of likely N-dealkylation sites (tertiary alicyclic amines) is 1. The monoisotopic (exact) mass is 471 g/mol. The summed E-state index contributed by atoms with van der Waals surface area (Å²) < 4.78 is 40.6. The predicted octanol–water partition coefficient (Wildman–Crippen LogP) is 5.63. The molecule has 4 nitrogen and oxygen atoms in total. The summed E-state index contributed by atoms with van der Waals surface area (Å²) >= 11 is 0. The third-order valence-corrected chi connectivity index (χ3v) is 7.52. The van der Waals surface area contributed by atoms with Crippen molar-refractivity contribution >= 4 is 11.7 Å². The highest BCUT2D eigenvalue weighted by molar-refractivity contribution is 6.07. The number of carbonyl (C=O) groups is 1. The number of aliphatic imine (C=N–C) groups is 1. The summed E-state index contributed by atoms with van der Waals surface area (Å²) in [6.07, 6.45) is 3.21. The van der Waals surface area contributed by atoms with Gasteiger partial charge in [0.15, 0.2) is 17.2 Å². The molecule has 1 fully saturated rings. The summed E-state index contributed by atoms with van der Waals surface area (Å²) in [7, 11) is 0. The molecule has 2 aromatic rings. The van der Waals surface area contributed by atoms with Gasteiger partial charge in [-0.3, -0.25) is 14.7 Å². The molecule has 0 radical (unpaired) electrons.